The van der Waals surface area contributed by atoms with Gasteiger partial charge in [0.1, 0.15) is 12.0 Å². The van der Waals surface area contributed by atoms with E-state index < -0.39 is 21.9 Å². The molecule has 2 aliphatic rings. The van der Waals surface area contributed by atoms with E-state index in [9.17, 15) is 18.0 Å². The standard InChI is InChI=1S/C17H17N3O5S/c21-16(12-4-8-25-9-12)19-6-7-20(15-11-26(23,24)10-14(15)19)17(22)13-3-1-2-5-18-13/h1-5,8-9,14-15H,6-7,10-11H2/t14-,15+/m0/s1. The molecule has 0 radical (unpaired) electrons. The van der Waals surface area contributed by atoms with Crippen molar-refractivity contribution in [2.75, 3.05) is 24.6 Å². The zero-order chi connectivity index (χ0) is 18.3. The van der Waals surface area contributed by atoms with Crippen LogP contribution in [-0.2, 0) is 9.84 Å². The van der Waals surface area contributed by atoms with E-state index in [2.05, 4.69) is 4.98 Å². The van der Waals surface area contributed by atoms with Gasteiger partial charge in [0, 0.05) is 19.3 Å². The van der Waals surface area contributed by atoms with Crippen LogP contribution in [0.3, 0.4) is 0 Å². The molecule has 0 saturated carbocycles. The maximum atomic E-state index is 12.8. The quantitative estimate of drug-likeness (QED) is 0.755. The van der Waals surface area contributed by atoms with Gasteiger partial charge in [-0.05, 0) is 18.2 Å². The molecule has 2 amide bonds. The smallest absolute Gasteiger partial charge is 0.272 e. The highest BCUT2D eigenvalue weighted by Crippen LogP contribution is 2.29. The van der Waals surface area contributed by atoms with Gasteiger partial charge in [0.2, 0.25) is 0 Å². The van der Waals surface area contributed by atoms with E-state index in [1.165, 1.54) is 23.6 Å². The van der Waals surface area contributed by atoms with Crippen LogP contribution in [0.5, 0.6) is 0 Å². The zero-order valence-corrected chi connectivity index (χ0v) is 14.6. The van der Waals surface area contributed by atoms with Gasteiger partial charge in [0.25, 0.3) is 11.8 Å². The number of fused-ring (bicyclic) bond motifs is 1. The van der Waals surface area contributed by atoms with Crippen LogP contribution in [0.4, 0.5) is 0 Å². The summed E-state index contributed by atoms with van der Waals surface area (Å²) in [6.07, 6.45) is 4.26. The maximum absolute atomic E-state index is 12.8. The minimum Gasteiger partial charge on any atom is -0.472 e. The first-order chi connectivity index (χ1) is 12.5. The van der Waals surface area contributed by atoms with Gasteiger partial charge < -0.3 is 14.2 Å². The zero-order valence-electron chi connectivity index (χ0n) is 13.8. The van der Waals surface area contributed by atoms with E-state index in [0.29, 0.717) is 5.56 Å². The number of aromatic nitrogens is 1. The van der Waals surface area contributed by atoms with Gasteiger partial charge >= 0.3 is 0 Å². The summed E-state index contributed by atoms with van der Waals surface area (Å²) < 4.78 is 29.4. The van der Waals surface area contributed by atoms with E-state index in [1.54, 1.807) is 29.2 Å². The van der Waals surface area contributed by atoms with Crippen molar-refractivity contribution in [3.63, 3.8) is 0 Å². The minimum absolute atomic E-state index is 0.146. The van der Waals surface area contributed by atoms with Crippen molar-refractivity contribution in [3.05, 3.63) is 54.2 Å². The molecule has 0 aliphatic carbocycles. The lowest BCUT2D eigenvalue weighted by Crippen LogP contribution is -2.62. The lowest BCUT2D eigenvalue weighted by atomic mass is 10.0. The van der Waals surface area contributed by atoms with Crippen molar-refractivity contribution in [1.82, 2.24) is 14.8 Å². The largest absolute Gasteiger partial charge is 0.472 e. The fraction of sp³-hybridized carbons (Fsp3) is 0.353. The Labute approximate surface area is 150 Å². The summed E-state index contributed by atoms with van der Waals surface area (Å²) in [6.45, 7) is 0.523. The van der Waals surface area contributed by atoms with Gasteiger partial charge in [-0.15, -0.1) is 0 Å². The number of hydrogen-bond donors (Lipinski definition) is 0. The monoisotopic (exact) mass is 375 g/mol. The summed E-state index contributed by atoms with van der Waals surface area (Å²) in [4.78, 5) is 32.7. The number of carbonyl (C=O) groups is 2. The van der Waals surface area contributed by atoms with Crippen LogP contribution in [0, 0.1) is 0 Å². The van der Waals surface area contributed by atoms with Gasteiger partial charge in [0.15, 0.2) is 9.84 Å². The van der Waals surface area contributed by atoms with Crippen molar-refractivity contribution in [3.8, 4) is 0 Å². The third-order valence-electron chi connectivity index (χ3n) is 4.85. The summed E-state index contributed by atoms with van der Waals surface area (Å²) in [6, 6.07) is 5.43. The average molecular weight is 375 g/mol. The second-order valence-corrected chi connectivity index (χ2v) is 8.59. The first-order valence-electron chi connectivity index (χ1n) is 8.22. The highest BCUT2D eigenvalue weighted by Gasteiger charge is 2.49. The van der Waals surface area contributed by atoms with E-state index in [-0.39, 0.29) is 42.1 Å². The van der Waals surface area contributed by atoms with Crippen LogP contribution in [0.1, 0.15) is 20.8 Å². The minimum atomic E-state index is -3.34. The Kier molecular flexibility index (Phi) is 4.03. The first-order valence-corrected chi connectivity index (χ1v) is 10.0. The number of hydrogen-bond acceptors (Lipinski definition) is 6. The van der Waals surface area contributed by atoms with Crippen LogP contribution in [-0.4, -0.2) is 71.7 Å². The lowest BCUT2D eigenvalue weighted by Gasteiger charge is -2.43. The predicted octanol–water partition coefficient (Wildman–Crippen LogP) is 0.438. The molecular weight excluding hydrogens is 358 g/mol. The summed E-state index contributed by atoms with van der Waals surface area (Å²) in [5, 5.41) is 0. The number of furan rings is 1. The van der Waals surface area contributed by atoms with Crippen LogP contribution in [0.15, 0.2) is 47.4 Å². The van der Waals surface area contributed by atoms with Crippen molar-refractivity contribution in [2.45, 2.75) is 12.1 Å². The molecule has 2 aromatic heterocycles. The van der Waals surface area contributed by atoms with Gasteiger partial charge in [-0.25, -0.2) is 8.42 Å². The van der Waals surface area contributed by atoms with Crippen molar-refractivity contribution < 1.29 is 22.4 Å². The Balaban J connectivity index is 1.64. The van der Waals surface area contributed by atoms with Crippen LogP contribution < -0.4 is 0 Å². The molecule has 26 heavy (non-hydrogen) atoms. The molecule has 2 aliphatic heterocycles. The molecule has 0 spiro atoms. The van der Waals surface area contributed by atoms with Crippen LogP contribution >= 0.6 is 0 Å². The molecule has 0 bridgehead atoms. The molecule has 4 heterocycles. The third kappa shape index (κ3) is 2.88. The molecular formula is C17H17N3O5S. The molecule has 0 unspecified atom stereocenters. The number of amides is 2. The molecule has 2 fully saturated rings. The second-order valence-electron chi connectivity index (χ2n) is 6.44. The Bertz CT molecular complexity index is 927. The molecule has 2 atom stereocenters. The molecule has 2 saturated heterocycles. The van der Waals surface area contributed by atoms with E-state index in [1.807, 2.05) is 0 Å². The summed E-state index contributed by atoms with van der Waals surface area (Å²) in [7, 11) is -3.34. The van der Waals surface area contributed by atoms with Gasteiger partial charge in [-0.3, -0.25) is 14.6 Å². The first kappa shape index (κ1) is 16.8. The van der Waals surface area contributed by atoms with Crippen LogP contribution in [0.25, 0.3) is 0 Å². The molecule has 9 heteroatoms. The highest BCUT2D eigenvalue weighted by molar-refractivity contribution is 7.91. The average Bonchev–Trinajstić information content (AvgIpc) is 3.27. The number of pyridine rings is 1. The summed E-state index contributed by atoms with van der Waals surface area (Å²) in [5.74, 6) is -0.887. The molecule has 136 valence electrons. The van der Waals surface area contributed by atoms with Gasteiger partial charge in [0.05, 0.1) is 35.4 Å². The normalized spacial score (nSPS) is 24.3. The summed E-state index contributed by atoms with van der Waals surface area (Å²) >= 11 is 0. The van der Waals surface area contributed by atoms with Gasteiger partial charge in [-0.1, -0.05) is 6.07 Å². The molecule has 2 aromatic rings. The third-order valence-corrected chi connectivity index (χ3v) is 6.55. The Morgan fingerprint density at radius 3 is 2.31 bits per heavy atom. The molecule has 4 rings (SSSR count). The Hall–Kier alpha value is -2.68. The number of piperazine rings is 1. The van der Waals surface area contributed by atoms with E-state index >= 15 is 0 Å². The molecule has 8 nitrogen and oxygen atoms in total. The maximum Gasteiger partial charge on any atom is 0.272 e. The van der Waals surface area contributed by atoms with E-state index in [4.69, 9.17) is 4.42 Å². The predicted molar refractivity (Wildman–Crippen MR) is 91.2 cm³/mol. The highest BCUT2D eigenvalue weighted by atomic mass is 32.2. The Morgan fingerprint density at radius 2 is 1.73 bits per heavy atom. The van der Waals surface area contributed by atoms with Crippen molar-refractivity contribution in [2.24, 2.45) is 0 Å². The SMILES string of the molecule is O=C(c1ccccn1)N1CCN(C(=O)c2ccoc2)[C@H]2CS(=O)(=O)C[C@H]21. The number of carbonyl (C=O) groups excluding carboxylic acids is 2. The van der Waals surface area contributed by atoms with Crippen LogP contribution in [0.2, 0.25) is 0 Å². The molecule has 0 N–H and O–H groups in total. The number of rotatable bonds is 2. The Morgan fingerprint density at radius 1 is 1.04 bits per heavy atom. The van der Waals surface area contributed by atoms with Crippen molar-refractivity contribution >= 4 is 21.7 Å². The van der Waals surface area contributed by atoms with Crippen molar-refractivity contribution in [1.29, 1.82) is 0 Å². The fourth-order valence-corrected chi connectivity index (χ4v) is 5.63. The second kappa shape index (κ2) is 6.24. The van der Waals surface area contributed by atoms with Gasteiger partial charge in [-0.2, -0.15) is 0 Å². The topological polar surface area (TPSA) is 101 Å². The fourth-order valence-electron chi connectivity index (χ4n) is 3.65. The van der Waals surface area contributed by atoms with E-state index in [0.717, 1.165) is 0 Å². The summed E-state index contributed by atoms with van der Waals surface area (Å²) in [5.41, 5.74) is 0.641. The molecule has 0 aromatic carbocycles. The number of nitrogens with zero attached hydrogens (tertiary/aromatic N) is 3. The number of sulfone groups is 1. The lowest BCUT2D eigenvalue weighted by molar-refractivity contribution is 0.0277.